The van der Waals surface area contributed by atoms with Gasteiger partial charge in [0.1, 0.15) is 11.6 Å². The van der Waals surface area contributed by atoms with Gasteiger partial charge in [-0.2, -0.15) is 13.2 Å². The summed E-state index contributed by atoms with van der Waals surface area (Å²) in [6, 6.07) is 0. The lowest BCUT2D eigenvalue weighted by atomic mass is 10.1. The molecule has 3 nitrogen and oxygen atoms in total. The van der Waals surface area contributed by atoms with Crippen molar-refractivity contribution in [1.82, 2.24) is 0 Å². The first-order valence-electron chi connectivity index (χ1n) is 8.06. The average Bonchev–Trinajstić information content (AvgIpc) is 3.14. The molecule has 1 fully saturated rings. The molecule has 1 aliphatic carbocycles. The molecule has 2 atom stereocenters. The zero-order valence-corrected chi connectivity index (χ0v) is 16.1. The molecule has 0 unspecified atom stereocenters. The van der Waals surface area contributed by atoms with Gasteiger partial charge in [0, 0.05) is 5.56 Å². The smallest absolute Gasteiger partial charge is 0.426 e. The summed E-state index contributed by atoms with van der Waals surface area (Å²) in [5, 5.41) is -1.36. The fourth-order valence-electron chi connectivity index (χ4n) is 3.06. The molecule has 0 saturated heterocycles. The number of ether oxygens (including phenoxy) is 2. The third-order valence-corrected chi connectivity index (χ3v) is 5.25. The second kappa shape index (κ2) is 7.50. The Morgan fingerprint density at radius 1 is 1.18 bits per heavy atom. The summed E-state index contributed by atoms with van der Waals surface area (Å²) < 4.78 is 89.3. The summed E-state index contributed by atoms with van der Waals surface area (Å²) in [5.41, 5.74) is -2.12. The van der Waals surface area contributed by atoms with Crippen LogP contribution >= 0.6 is 11.6 Å². The Bertz CT molecular complexity index is 832. The first kappa shape index (κ1) is 22.4. The lowest BCUT2D eigenvalue weighted by molar-refractivity contribution is -0.147. The molecular formula is C18H17ClF6O3. The van der Waals surface area contributed by atoms with Gasteiger partial charge in [0.15, 0.2) is 23.2 Å². The van der Waals surface area contributed by atoms with E-state index < -0.39 is 75.4 Å². The zero-order chi connectivity index (χ0) is 21.6. The highest BCUT2D eigenvalue weighted by Gasteiger charge is 2.62. The van der Waals surface area contributed by atoms with Crippen molar-refractivity contribution in [2.45, 2.75) is 33.6 Å². The standard InChI is InChI=1S/C18H17ClF6O3/c1-7-12(20)14(22)8(15(27-4)13(7)21)6-28-16(26)11-9(17(11,2)3)5-10(19)18(23,24)25/h5,9,11H,6H2,1-4H3/b10-5-/t9-,11-/m0/s1. The van der Waals surface area contributed by atoms with E-state index in [-0.39, 0.29) is 0 Å². The van der Waals surface area contributed by atoms with Gasteiger partial charge < -0.3 is 9.47 Å². The van der Waals surface area contributed by atoms with Crippen molar-refractivity contribution >= 4 is 17.6 Å². The van der Waals surface area contributed by atoms with E-state index in [2.05, 4.69) is 0 Å². The number of carbonyl (C=O) groups is 1. The minimum atomic E-state index is -4.75. The van der Waals surface area contributed by atoms with Crippen molar-refractivity contribution in [3.8, 4) is 5.75 Å². The fraction of sp³-hybridized carbons (Fsp3) is 0.500. The van der Waals surface area contributed by atoms with E-state index in [1.807, 2.05) is 0 Å². The Labute approximate surface area is 162 Å². The summed E-state index contributed by atoms with van der Waals surface area (Å²) in [5.74, 6) is -7.41. The summed E-state index contributed by atoms with van der Waals surface area (Å²) in [4.78, 5) is 12.3. The van der Waals surface area contributed by atoms with Gasteiger partial charge in [0.05, 0.1) is 18.6 Å². The zero-order valence-electron chi connectivity index (χ0n) is 15.3. The molecule has 0 amide bonds. The maximum atomic E-state index is 14.1. The van der Waals surface area contributed by atoms with Gasteiger partial charge in [0.25, 0.3) is 0 Å². The highest BCUT2D eigenvalue weighted by atomic mass is 35.5. The predicted octanol–water partition coefficient (Wildman–Crippen LogP) is 5.42. The maximum absolute atomic E-state index is 14.1. The van der Waals surface area contributed by atoms with Crippen molar-refractivity contribution < 1.29 is 40.6 Å². The van der Waals surface area contributed by atoms with Gasteiger partial charge in [-0.05, 0) is 18.3 Å². The maximum Gasteiger partial charge on any atom is 0.426 e. The molecule has 1 aromatic rings. The highest BCUT2D eigenvalue weighted by molar-refractivity contribution is 6.30. The van der Waals surface area contributed by atoms with Crippen LogP contribution in [0.2, 0.25) is 0 Å². The van der Waals surface area contributed by atoms with Crippen molar-refractivity contribution in [2.24, 2.45) is 17.3 Å². The van der Waals surface area contributed by atoms with Gasteiger partial charge in [-0.15, -0.1) is 0 Å². The monoisotopic (exact) mass is 430 g/mol. The van der Waals surface area contributed by atoms with Crippen LogP contribution < -0.4 is 4.74 Å². The fourth-order valence-corrected chi connectivity index (χ4v) is 3.20. The second-order valence-corrected chi connectivity index (χ2v) is 7.43. The van der Waals surface area contributed by atoms with E-state index in [4.69, 9.17) is 21.1 Å². The molecule has 1 saturated carbocycles. The van der Waals surface area contributed by atoms with E-state index in [1.165, 1.54) is 13.8 Å². The summed E-state index contributed by atoms with van der Waals surface area (Å²) in [7, 11) is 1.03. The summed E-state index contributed by atoms with van der Waals surface area (Å²) in [6.07, 6.45) is -4.03. The number of alkyl halides is 3. The number of rotatable bonds is 5. The number of hydrogen-bond acceptors (Lipinski definition) is 3. The Morgan fingerprint density at radius 2 is 1.75 bits per heavy atom. The van der Waals surface area contributed by atoms with Gasteiger partial charge in [-0.1, -0.05) is 31.5 Å². The molecule has 0 N–H and O–H groups in total. The number of hydrogen-bond donors (Lipinski definition) is 0. The Hall–Kier alpha value is -1.90. The van der Waals surface area contributed by atoms with Crippen molar-refractivity contribution in [3.63, 3.8) is 0 Å². The van der Waals surface area contributed by atoms with E-state index in [9.17, 15) is 31.1 Å². The van der Waals surface area contributed by atoms with E-state index in [0.29, 0.717) is 0 Å². The number of halogens is 7. The molecular weight excluding hydrogens is 414 g/mol. The Morgan fingerprint density at radius 3 is 2.25 bits per heavy atom. The van der Waals surface area contributed by atoms with Crippen LogP contribution in [0.25, 0.3) is 0 Å². The van der Waals surface area contributed by atoms with Crippen LogP contribution in [-0.2, 0) is 16.1 Å². The van der Waals surface area contributed by atoms with Crippen LogP contribution in [-0.4, -0.2) is 19.3 Å². The Balaban J connectivity index is 2.20. The van der Waals surface area contributed by atoms with Crippen LogP contribution in [0, 0.1) is 41.6 Å². The second-order valence-electron chi connectivity index (χ2n) is 7.02. The van der Waals surface area contributed by atoms with E-state index in [1.54, 1.807) is 0 Å². The topological polar surface area (TPSA) is 35.5 Å². The number of carbonyl (C=O) groups excluding carboxylic acids is 1. The Kier molecular flexibility index (Phi) is 5.99. The first-order valence-corrected chi connectivity index (χ1v) is 8.44. The van der Waals surface area contributed by atoms with Crippen LogP contribution in [0.15, 0.2) is 11.1 Å². The minimum Gasteiger partial charge on any atom is -0.493 e. The minimum absolute atomic E-state index is 0.597. The van der Waals surface area contributed by atoms with Crippen LogP contribution in [0.1, 0.15) is 25.0 Å². The quantitative estimate of drug-likeness (QED) is 0.355. The van der Waals surface area contributed by atoms with Crippen LogP contribution in [0.3, 0.4) is 0 Å². The molecule has 28 heavy (non-hydrogen) atoms. The summed E-state index contributed by atoms with van der Waals surface area (Å²) in [6.45, 7) is 3.23. The number of methoxy groups -OCH3 is 1. The van der Waals surface area contributed by atoms with Gasteiger partial charge in [-0.3, -0.25) is 4.79 Å². The molecule has 156 valence electrons. The van der Waals surface area contributed by atoms with Crippen LogP contribution in [0.4, 0.5) is 26.3 Å². The van der Waals surface area contributed by atoms with Crippen molar-refractivity contribution in [3.05, 3.63) is 39.7 Å². The molecule has 0 spiro atoms. The lowest BCUT2D eigenvalue weighted by Gasteiger charge is -2.14. The molecule has 0 aromatic heterocycles. The van der Waals surface area contributed by atoms with Crippen LogP contribution in [0.5, 0.6) is 5.75 Å². The SMILES string of the molecule is COc1c(F)c(C)c(F)c(F)c1COC(=O)[C@@H]1[C@H](/C=C(\Cl)C(F)(F)F)C1(C)C. The molecule has 1 aliphatic rings. The van der Waals surface area contributed by atoms with Crippen molar-refractivity contribution in [1.29, 1.82) is 0 Å². The predicted molar refractivity (Wildman–Crippen MR) is 88.2 cm³/mol. The number of benzene rings is 1. The molecule has 0 radical (unpaired) electrons. The molecule has 0 aliphatic heterocycles. The summed E-state index contributed by atoms with van der Waals surface area (Å²) >= 11 is 5.21. The van der Waals surface area contributed by atoms with Gasteiger partial charge in [-0.25, -0.2) is 13.2 Å². The third kappa shape index (κ3) is 3.94. The normalized spacial score (nSPS) is 21.5. The number of esters is 1. The van der Waals surface area contributed by atoms with E-state index >= 15 is 0 Å². The average molecular weight is 431 g/mol. The van der Waals surface area contributed by atoms with Crippen molar-refractivity contribution in [2.75, 3.05) is 7.11 Å². The molecule has 0 heterocycles. The molecule has 1 aromatic carbocycles. The van der Waals surface area contributed by atoms with Gasteiger partial charge >= 0.3 is 12.1 Å². The first-order chi connectivity index (χ1) is 12.7. The lowest BCUT2D eigenvalue weighted by Crippen LogP contribution is -2.13. The highest BCUT2D eigenvalue weighted by Crippen LogP contribution is 2.60. The molecule has 10 heteroatoms. The third-order valence-electron chi connectivity index (χ3n) is 4.91. The van der Waals surface area contributed by atoms with Gasteiger partial charge in [0.2, 0.25) is 0 Å². The largest absolute Gasteiger partial charge is 0.493 e. The number of allylic oxidation sites excluding steroid dienone is 2. The molecule has 0 bridgehead atoms. The molecule has 2 rings (SSSR count). The van der Waals surface area contributed by atoms with E-state index in [0.717, 1.165) is 20.1 Å².